The molecule has 71 heavy (non-hydrogen) atoms. The predicted molar refractivity (Wildman–Crippen MR) is 301 cm³/mol. The van der Waals surface area contributed by atoms with Crippen molar-refractivity contribution in [3.63, 3.8) is 0 Å². The van der Waals surface area contributed by atoms with Crippen molar-refractivity contribution < 1.29 is 33.4 Å². The van der Waals surface area contributed by atoms with Crippen LogP contribution in [0.1, 0.15) is 324 Å². The third-order valence-electron chi connectivity index (χ3n) is 14.5. The Labute approximate surface area is 441 Å². The highest BCUT2D eigenvalue weighted by atomic mass is 16.6. The van der Waals surface area contributed by atoms with Crippen LogP contribution in [0.2, 0.25) is 0 Å². The molecule has 9 heteroatoms. The van der Waals surface area contributed by atoms with E-state index in [2.05, 4.69) is 65.4 Å². The molecule has 0 heterocycles. The van der Waals surface area contributed by atoms with E-state index in [1.165, 1.54) is 44.9 Å². The van der Waals surface area contributed by atoms with Crippen molar-refractivity contribution in [2.24, 2.45) is 0 Å². The monoisotopic (exact) mass is 1000 g/mol. The Morgan fingerprint density at radius 1 is 0.310 bits per heavy atom. The molecule has 0 aliphatic carbocycles. The first-order valence-electron chi connectivity index (χ1n) is 31.1. The summed E-state index contributed by atoms with van der Waals surface area (Å²) in [5.41, 5.74) is 0. The van der Waals surface area contributed by atoms with Crippen LogP contribution in [-0.4, -0.2) is 85.2 Å². The molecule has 1 amide bonds. The number of esters is 3. The van der Waals surface area contributed by atoms with E-state index in [9.17, 15) is 19.2 Å². The van der Waals surface area contributed by atoms with E-state index in [0.29, 0.717) is 31.6 Å². The van der Waals surface area contributed by atoms with Crippen molar-refractivity contribution >= 4 is 23.8 Å². The van der Waals surface area contributed by atoms with Gasteiger partial charge in [0, 0.05) is 38.3 Å². The summed E-state index contributed by atoms with van der Waals surface area (Å²) in [5.74, 6) is 0.259. The normalized spacial score (nSPS) is 12.1. The molecule has 0 aromatic carbocycles. The summed E-state index contributed by atoms with van der Waals surface area (Å²) in [7, 11) is 4.24. The first kappa shape index (κ1) is 68.8. The smallest absolute Gasteiger partial charge is 0.306 e. The Morgan fingerprint density at radius 3 is 0.859 bits per heavy atom. The third-order valence-corrected chi connectivity index (χ3v) is 14.5. The van der Waals surface area contributed by atoms with Crippen molar-refractivity contribution in [3.05, 3.63) is 0 Å². The molecule has 0 spiro atoms. The van der Waals surface area contributed by atoms with Gasteiger partial charge < -0.3 is 24.0 Å². The summed E-state index contributed by atoms with van der Waals surface area (Å²) in [6, 6.07) is 0.278. The minimum absolute atomic E-state index is 0.00635. The van der Waals surface area contributed by atoms with E-state index in [-0.39, 0.29) is 42.3 Å². The zero-order valence-electron chi connectivity index (χ0n) is 48.6. The van der Waals surface area contributed by atoms with Crippen LogP contribution < -0.4 is 0 Å². The summed E-state index contributed by atoms with van der Waals surface area (Å²) in [6.07, 6.45) is 45.6. The highest BCUT2D eigenvalue weighted by Crippen LogP contribution is 2.23. The van der Waals surface area contributed by atoms with Gasteiger partial charge in [-0.2, -0.15) is 0 Å². The number of rotatable bonds is 54. The minimum Gasteiger partial charge on any atom is -0.462 e. The van der Waals surface area contributed by atoms with Gasteiger partial charge in [-0.25, -0.2) is 0 Å². The molecule has 0 aliphatic heterocycles. The lowest BCUT2D eigenvalue weighted by Gasteiger charge is -2.33. The Morgan fingerprint density at radius 2 is 0.577 bits per heavy atom. The molecule has 0 rings (SSSR count). The maximum Gasteiger partial charge on any atom is 0.306 e. The SMILES string of the molecule is CCCCC(CCCC)OC(=O)CCCCCCCCCCC(CCCCCCCCC(=O)OC(CCCC)CCCC)N(CCCN(C)C)C(=O)CCCCCCCC(=O)OC(CCCC)CCCC. The molecule has 0 aliphatic rings. The van der Waals surface area contributed by atoms with Crippen LogP contribution in [0.15, 0.2) is 0 Å². The van der Waals surface area contributed by atoms with Gasteiger partial charge in [0.25, 0.3) is 0 Å². The number of carbonyl (C=O) groups excluding carboxylic acids is 4. The molecule has 0 aromatic heterocycles. The maximum absolute atomic E-state index is 14.1. The first-order chi connectivity index (χ1) is 34.5. The van der Waals surface area contributed by atoms with Gasteiger partial charge in [-0.05, 0) is 104 Å². The van der Waals surface area contributed by atoms with Gasteiger partial charge in [0.2, 0.25) is 5.91 Å². The fourth-order valence-corrected chi connectivity index (χ4v) is 9.92. The lowest BCUT2D eigenvalue weighted by molar-refractivity contribution is -0.151. The van der Waals surface area contributed by atoms with Gasteiger partial charge in [0.05, 0.1) is 0 Å². The molecule has 0 bridgehead atoms. The summed E-state index contributed by atoms with van der Waals surface area (Å²) in [4.78, 5) is 56.5. The van der Waals surface area contributed by atoms with Crippen LogP contribution in [0.4, 0.5) is 0 Å². The zero-order valence-corrected chi connectivity index (χ0v) is 48.6. The maximum atomic E-state index is 14.1. The van der Waals surface area contributed by atoms with E-state index in [1.807, 2.05) is 0 Å². The lowest BCUT2D eigenvalue weighted by Crippen LogP contribution is -2.41. The molecule has 0 aromatic rings. The Hall–Kier alpha value is -2.16. The highest BCUT2D eigenvalue weighted by molar-refractivity contribution is 5.76. The summed E-state index contributed by atoms with van der Waals surface area (Å²) >= 11 is 0. The number of nitrogens with zero attached hydrogens (tertiary/aromatic N) is 2. The first-order valence-corrected chi connectivity index (χ1v) is 31.1. The number of amides is 1. The number of hydrogen-bond donors (Lipinski definition) is 0. The van der Waals surface area contributed by atoms with Crippen LogP contribution in [0.5, 0.6) is 0 Å². The van der Waals surface area contributed by atoms with Crippen LogP contribution in [-0.2, 0) is 33.4 Å². The number of carbonyl (C=O) groups is 4. The van der Waals surface area contributed by atoms with Crippen LogP contribution in [0, 0.1) is 0 Å². The lowest BCUT2D eigenvalue weighted by atomic mass is 9.97. The second-order valence-electron chi connectivity index (χ2n) is 21.9. The van der Waals surface area contributed by atoms with Gasteiger partial charge in [0.1, 0.15) is 18.3 Å². The Bertz CT molecular complexity index is 1190. The molecule has 0 saturated heterocycles. The molecule has 1 atom stereocenters. The van der Waals surface area contributed by atoms with Crippen molar-refractivity contribution in [1.82, 2.24) is 9.80 Å². The molecule has 9 nitrogen and oxygen atoms in total. The topological polar surface area (TPSA) is 102 Å². The molecule has 0 saturated carbocycles. The summed E-state index contributed by atoms with van der Waals surface area (Å²) < 4.78 is 17.6. The van der Waals surface area contributed by atoms with Gasteiger partial charge in [-0.1, -0.05) is 215 Å². The van der Waals surface area contributed by atoms with Crippen molar-refractivity contribution in [1.29, 1.82) is 0 Å². The van der Waals surface area contributed by atoms with Gasteiger partial charge >= 0.3 is 17.9 Å². The predicted octanol–water partition coefficient (Wildman–Crippen LogP) is 17.8. The fraction of sp³-hybridized carbons (Fsp3) is 0.935. The van der Waals surface area contributed by atoms with Gasteiger partial charge in [-0.15, -0.1) is 0 Å². The average molecular weight is 1010 g/mol. The largest absolute Gasteiger partial charge is 0.462 e. The fourth-order valence-electron chi connectivity index (χ4n) is 9.92. The molecule has 0 radical (unpaired) electrons. The summed E-state index contributed by atoms with van der Waals surface area (Å²) in [5, 5.41) is 0. The third kappa shape index (κ3) is 43.9. The number of unbranched alkanes of at least 4 members (excludes halogenated alkanes) is 22. The molecular weight excluding hydrogens is 885 g/mol. The molecule has 420 valence electrons. The number of hydrogen-bond acceptors (Lipinski definition) is 8. The minimum atomic E-state index is -0.0398. The highest BCUT2D eigenvalue weighted by Gasteiger charge is 2.23. The second-order valence-corrected chi connectivity index (χ2v) is 21.9. The van der Waals surface area contributed by atoms with E-state index >= 15 is 0 Å². The quantitative estimate of drug-likeness (QED) is 0.0337. The van der Waals surface area contributed by atoms with E-state index in [0.717, 1.165) is 225 Å². The van der Waals surface area contributed by atoms with Crippen LogP contribution in [0.3, 0.4) is 0 Å². The summed E-state index contributed by atoms with van der Waals surface area (Å²) in [6.45, 7) is 15.0. The number of ether oxygens (including phenoxy) is 3. The van der Waals surface area contributed by atoms with Crippen LogP contribution >= 0.6 is 0 Å². The van der Waals surface area contributed by atoms with E-state index in [1.54, 1.807) is 0 Å². The molecule has 0 N–H and O–H groups in total. The van der Waals surface area contributed by atoms with Crippen LogP contribution in [0.25, 0.3) is 0 Å². The van der Waals surface area contributed by atoms with Gasteiger partial charge in [-0.3, -0.25) is 19.2 Å². The Balaban J connectivity index is 5.19. The molecule has 1 unspecified atom stereocenters. The van der Waals surface area contributed by atoms with Crippen molar-refractivity contribution in [2.75, 3.05) is 27.2 Å². The van der Waals surface area contributed by atoms with Crippen molar-refractivity contribution in [2.45, 2.75) is 348 Å². The Kier molecular flexibility index (Phi) is 49.8. The standard InChI is InChI=1S/C62H120N2O7/c1-9-15-43-56(44-16-10-2)69-60(66)50-37-31-24-22-21-23-28-34-41-55(42-35-29-25-26-32-38-51-61(67)70-57(45-17-11-3)46-18-12-4)64(54-40-53-63(7)8)59(65)49-36-30-27-33-39-52-62(68)71-58(47-19-13-5)48-20-14-6/h55-58H,9-54H2,1-8H3. The van der Waals surface area contributed by atoms with Crippen molar-refractivity contribution in [3.8, 4) is 0 Å². The zero-order chi connectivity index (χ0) is 52.4. The molecular formula is C62H120N2O7. The average Bonchev–Trinajstić information content (AvgIpc) is 3.35. The molecule has 0 fully saturated rings. The van der Waals surface area contributed by atoms with Gasteiger partial charge in [0.15, 0.2) is 0 Å². The van der Waals surface area contributed by atoms with E-state index < -0.39 is 0 Å². The second kappa shape index (κ2) is 51.3. The van der Waals surface area contributed by atoms with E-state index in [4.69, 9.17) is 14.2 Å².